The zero-order valence-corrected chi connectivity index (χ0v) is 12.4. The first-order chi connectivity index (χ1) is 8.04. The number of carbonyl (C=O) groups is 2. The highest BCUT2D eigenvalue weighted by atomic mass is 16.6. The Kier molecular flexibility index (Phi) is 5.58. The summed E-state index contributed by atoms with van der Waals surface area (Å²) in [5.74, 6) is -0.168. The lowest BCUT2D eigenvalue weighted by molar-refractivity contribution is -0.148. The van der Waals surface area contributed by atoms with Crippen molar-refractivity contribution in [3.63, 3.8) is 0 Å². The first-order valence-corrected chi connectivity index (χ1v) is 6.07. The number of rotatable bonds is 5. The lowest BCUT2D eigenvalue weighted by Gasteiger charge is -2.25. The van der Waals surface area contributed by atoms with Crippen LogP contribution in [0.3, 0.4) is 0 Å². The summed E-state index contributed by atoms with van der Waals surface area (Å²) in [5, 5.41) is 0. The van der Waals surface area contributed by atoms with E-state index in [1.54, 1.807) is 41.5 Å². The Bertz CT molecular complexity index is 345. The standard InChI is InChI=1S/C14H24O4/c1-8-10(15)14(5,6)11(17-7)9-12(16)18-13(2,3)4/h9H,8H2,1-7H3. The molecule has 0 N–H and O–H groups in total. The second-order valence-electron chi connectivity index (χ2n) is 5.65. The van der Waals surface area contributed by atoms with Crippen molar-refractivity contribution < 1.29 is 19.1 Å². The van der Waals surface area contributed by atoms with Crippen LogP contribution in [0.1, 0.15) is 48.0 Å². The van der Waals surface area contributed by atoms with Crippen LogP contribution in [0.5, 0.6) is 0 Å². The van der Waals surface area contributed by atoms with Gasteiger partial charge in [-0.15, -0.1) is 0 Å². The van der Waals surface area contributed by atoms with E-state index in [4.69, 9.17) is 9.47 Å². The molecule has 0 aromatic heterocycles. The average Bonchev–Trinajstić information content (AvgIpc) is 2.21. The molecule has 0 amide bonds. The van der Waals surface area contributed by atoms with Crippen LogP contribution in [0.25, 0.3) is 0 Å². The molecule has 0 bridgehead atoms. The first-order valence-electron chi connectivity index (χ1n) is 6.07. The highest BCUT2D eigenvalue weighted by Gasteiger charge is 2.32. The van der Waals surface area contributed by atoms with E-state index in [0.717, 1.165) is 0 Å². The molecule has 4 heteroatoms. The lowest BCUT2D eigenvalue weighted by Crippen LogP contribution is -2.29. The van der Waals surface area contributed by atoms with E-state index < -0.39 is 17.0 Å². The number of hydrogen-bond donors (Lipinski definition) is 0. The summed E-state index contributed by atoms with van der Waals surface area (Å²) in [7, 11) is 1.45. The summed E-state index contributed by atoms with van der Waals surface area (Å²) >= 11 is 0. The lowest BCUT2D eigenvalue weighted by atomic mass is 9.84. The molecule has 0 spiro atoms. The quantitative estimate of drug-likeness (QED) is 0.431. The molecule has 0 aromatic carbocycles. The molecule has 0 aliphatic rings. The van der Waals surface area contributed by atoms with Gasteiger partial charge < -0.3 is 9.47 Å². The van der Waals surface area contributed by atoms with Gasteiger partial charge in [0.2, 0.25) is 0 Å². The monoisotopic (exact) mass is 256 g/mol. The molecule has 0 aliphatic heterocycles. The molecule has 0 unspecified atom stereocenters. The number of Topliss-reactive ketones (excluding diaryl/α,β-unsaturated/α-hetero) is 1. The third-order valence-corrected chi connectivity index (χ3v) is 2.51. The van der Waals surface area contributed by atoms with E-state index >= 15 is 0 Å². The van der Waals surface area contributed by atoms with E-state index in [0.29, 0.717) is 12.2 Å². The van der Waals surface area contributed by atoms with Crippen LogP contribution in [0.2, 0.25) is 0 Å². The predicted octanol–water partition coefficient (Wildman–Crippen LogP) is 2.86. The number of hydrogen-bond acceptors (Lipinski definition) is 4. The molecule has 18 heavy (non-hydrogen) atoms. The van der Waals surface area contributed by atoms with Gasteiger partial charge in [0.15, 0.2) is 0 Å². The van der Waals surface area contributed by atoms with E-state index in [-0.39, 0.29) is 5.78 Å². The third-order valence-electron chi connectivity index (χ3n) is 2.51. The van der Waals surface area contributed by atoms with Crippen LogP contribution >= 0.6 is 0 Å². The predicted molar refractivity (Wildman–Crippen MR) is 70.0 cm³/mol. The average molecular weight is 256 g/mol. The molecule has 0 aromatic rings. The van der Waals surface area contributed by atoms with Crippen molar-refractivity contribution in [2.75, 3.05) is 7.11 Å². The van der Waals surface area contributed by atoms with Gasteiger partial charge in [-0.3, -0.25) is 4.79 Å². The van der Waals surface area contributed by atoms with Gasteiger partial charge in [0, 0.05) is 6.42 Å². The van der Waals surface area contributed by atoms with Crippen molar-refractivity contribution in [3.05, 3.63) is 11.8 Å². The highest BCUT2D eigenvalue weighted by Crippen LogP contribution is 2.29. The van der Waals surface area contributed by atoms with Crippen molar-refractivity contribution >= 4 is 11.8 Å². The first kappa shape index (κ1) is 16.7. The van der Waals surface area contributed by atoms with Gasteiger partial charge in [0.25, 0.3) is 0 Å². The summed E-state index contributed by atoms with van der Waals surface area (Å²) in [6.07, 6.45) is 1.64. The number of allylic oxidation sites excluding steroid dienone is 1. The molecule has 0 aliphatic carbocycles. The Hall–Kier alpha value is -1.32. The van der Waals surface area contributed by atoms with Crippen LogP contribution in [0, 0.1) is 5.41 Å². The largest absolute Gasteiger partial charge is 0.500 e. The Morgan fingerprint density at radius 2 is 1.61 bits per heavy atom. The van der Waals surface area contributed by atoms with E-state index in [2.05, 4.69) is 0 Å². The summed E-state index contributed by atoms with van der Waals surface area (Å²) in [5.41, 5.74) is -1.38. The SMILES string of the molecule is CCC(=O)C(C)(C)C(=CC(=O)OC(C)(C)C)OC. The number of carbonyl (C=O) groups excluding carboxylic acids is 2. The van der Waals surface area contributed by atoms with Crippen LogP contribution in [0.4, 0.5) is 0 Å². The van der Waals surface area contributed by atoms with Crippen molar-refractivity contribution in [2.45, 2.75) is 53.6 Å². The zero-order chi connectivity index (χ0) is 14.6. The van der Waals surface area contributed by atoms with E-state index in [1.165, 1.54) is 13.2 Å². The Balaban J connectivity index is 5.09. The second-order valence-corrected chi connectivity index (χ2v) is 5.65. The van der Waals surface area contributed by atoms with Gasteiger partial charge in [-0.25, -0.2) is 4.79 Å². The van der Waals surface area contributed by atoms with Crippen LogP contribution in [-0.2, 0) is 19.1 Å². The topological polar surface area (TPSA) is 52.6 Å². The van der Waals surface area contributed by atoms with Gasteiger partial charge in [-0.1, -0.05) is 6.92 Å². The number of ether oxygens (including phenoxy) is 2. The molecule has 0 atom stereocenters. The Morgan fingerprint density at radius 3 is 1.94 bits per heavy atom. The minimum atomic E-state index is -0.819. The zero-order valence-electron chi connectivity index (χ0n) is 12.4. The maximum atomic E-state index is 11.8. The Labute approximate surface area is 109 Å². The van der Waals surface area contributed by atoms with Gasteiger partial charge in [0.05, 0.1) is 18.6 Å². The molecule has 0 saturated heterocycles. The van der Waals surface area contributed by atoms with Crippen LogP contribution < -0.4 is 0 Å². The molecular weight excluding hydrogens is 232 g/mol. The summed E-state index contributed by atoms with van der Waals surface area (Å²) < 4.78 is 10.3. The summed E-state index contributed by atoms with van der Waals surface area (Å²) in [6.45, 7) is 10.6. The maximum absolute atomic E-state index is 11.8. The Morgan fingerprint density at radius 1 is 1.11 bits per heavy atom. The molecule has 4 nitrogen and oxygen atoms in total. The van der Waals surface area contributed by atoms with Crippen molar-refractivity contribution in [2.24, 2.45) is 5.41 Å². The molecule has 104 valence electrons. The van der Waals surface area contributed by atoms with Gasteiger partial charge in [0.1, 0.15) is 17.1 Å². The van der Waals surface area contributed by atoms with Crippen LogP contribution in [-0.4, -0.2) is 24.5 Å². The molecule has 0 fully saturated rings. The van der Waals surface area contributed by atoms with Crippen LogP contribution in [0.15, 0.2) is 11.8 Å². The molecule has 0 heterocycles. The fraction of sp³-hybridized carbons (Fsp3) is 0.714. The third kappa shape index (κ3) is 4.90. The maximum Gasteiger partial charge on any atom is 0.334 e. The summed E-state index contributed by atoms with van der Waals surface area (Å²) in [4.78, 5) is 23.5. The fourth-order valence-electron chi connectivity index (χ4n) is 1.51. The highest BCUT2D eigenvalue weighted by molar-refractivity contribution is 5.89. The van der Waals surface area contributed by atoms with Gasteiger partial charge in [-0.2, -0.15) is 0 Å². The van der Waals surface area contributed by atoms with Crippen molar-refractivity contribution in [1.29, 1.82) is 0 Å². The number of esters is 1. The van der Waals surface area contributed by atoms with Crippen molar-refractivity contribution in [1.82, 2.24) is 0 Å². The smallest absolute Gasteiger partial charge is 0.334 e. The normalized spacial score (nSPS) is 13.2. The van der Waals surface area contributed by atoms with E-state index in [9.17, 15) is 9.59 Å². The number of ketones is 1. The van der Waals surface area contributed by atoms with Gasteiger partial charge in [-0.05, 0) is 34.6 Å². The minimum absolute atomic E-state index is 0.0131. The number of methoxy groups -OCH3 is 1. The molecule has 0 rings (SSSR count). The summed E-state index contributed by atoms with van der Waals surface area (Å²) in [6, 6.07) is 0. The van der Waals surface area contributed by atoms with E-state index in [1.807, 2.05) is 0 Å². The van der Waals surface area contributed by atoms with Crippen molar-refractivity contribution in [3.8, 4) is 0 Å². The minimum Gasteiger partial charge on any atom is -0.500 e. The molecule has 0 saturated carbocycles. The second kappa shape index (κ2) is 6.03. The molecular formula is C14H24O4. The molecule has 0 radical (unpaired) electrons. The fourth-order valence-corrected chi connectivity index (χ4v) is 1.51. The van der Waals surface area contributed by atoms with Gasteiger partial charge >= 0.3 is 5.97 Å².